The maximum atomic E-state index is 12.3. The Bertz CT molecular complexity index is 909. The molecule has 3 aromatic rings. The zero-order chi connectivity index (χ0) is 18.4. The van der Waals surface area contributed by atoms with Gasteiger partial charge in [-0.25, -0.2) is 4.79 Å². The van der Waals surface area contributed by atoms with Gasteiger partial charge in [-0.15, -0.1) is 0 Å². The van der Waals surface area contributed by atoms with Crippen LogP contribution in [0.25, 0.3) is 0 Å². The van der Waals surface area contributed by atoms with Crippen molar-refractivity contribution in [2.75, 3.05) is 10.6 Å². The van der Waals surface area contributed by atoms with Gasteiger partial charge in [-0.1, -0.05) is 24.3 Å². The third-order valence-corrected chi connectivity index (χ3v) is 3.48. The molecule has 0 saturated heterocycles. The number of urea groups is 1. The summed E-state index contributed by atoms with van der Waals surface area (Å²) in [4.78, 5) is 23.2. The molecule has 0 aliphatic heterocycles. The normalized spacial score (nSPS) is 10.0. The smallest absolute Gasteiger partial charge is 0.316 e. The Hall–Kier alpha value is -3.80. The van der Waals surface area contributed by atoms with Gasteiger partial charge in [-0.2, -0.15) is 0 Å². The Morgan fingerprint density at radius 2 is 1.42 bits per heavy atom. The Labute approximate surface area is 150 Å². The van der Waals surface area contributed by atoms with Gasteiger partial charge in [0.25, 0.3) is 5.91 Å². The van der Waals surface area contributed by atoms with E-state index in [0.29, 0.717) is 22.7 Å². The molecular weight excluding hydrogens is 330 g/mol. The van der Waals surface area contributed by atoms with E-state index in [0.717, 1.165) is 5.75 Å². The van der Waals surface area contributed by atoms with Crippen LogP contribution in [0.1, 0.15) is 10.4 Å². The van der Waals surface area contributed by atoms with Gasteiger partial charge in [0.1, 0.15) is 11.5 Å². The molecule has 0 aliphatic rings. The van der Waals surface area contributed by atoms with Crippen molar-refractivity contribution >= 4 is 23.3 Å². The largest absolute Gasteiger partial charge is 0.457 e. The maximum absolute atomic E-state index is 12.3. The molecule has 3 amide bonds. The number of amides is 3. The van der Waals surface area contributed by atoms with E-state index in [1.165, 1.54) is 0 Å². The summed E-state index contributed by atoms with van der Waals surface area (Å²) in [6, 6.07) is 22.3. The molecule has 4 N–H and O–H groups in total. The number of nitrogens with one attached hydrogen (secondary N) is 2. The van der Waals surface area contributed by atoms with Crippen molar-refractivity contribution in [3.05, 3.63) is 84.4 Å². The minimum Gasteiger partial charge on any atom is -0.457 e. The molecule has 6 nitrogen and oxygen atoms in total. The average molecular weight is 347 g/mol. The molecule has 0 unspecified atom stereocenters. The first kappa shape index (κ1) is 17.0. The van der Waals surface area contributed by atoms with Crippen LogP contribution < -0.4 is 21.1 Å². The number of carbonyl (C=O) groups excluding carboxylic acids is 2. The van der Waals surface area contributed by atoms with Gasteiger partial charge in [-0.3, -0.25) is 4.79 Å². The highest BCUT2D eigenvalue weighted by Crippen LogP contribution is 2.23. The number of para-hydroxylation sites is 1. The van der Waals surface area contributed by atoms with Crippen LogP contribution in [0.5, 0.6) is 11.5 Å². The van der Waals surface area contributed by atoms with Crippen molar-refractivity contribution in [2.45, 2.75) is 0 Å². The quantitative estimate of drug-likeness (QED) is 0.645. The van der Waals surface area contributed by atoms with E-state index in [-0.39, 0.29) is 5.91 Å². The summed E-state index contributed by atoms with van der Waals surface area (Å²) in [6.07, 6.45) is 0. The second-order valence-electron chi connectivity index (χ2n) is 5.46. The fourth-order valence-corrected chi connectivity index (χ4v) is 2.31. The highest BCUT2D eigenvalue weighted by Gasteiger charge is 2.08. The summed E-state index contributed by atoms with van der Waals surface area (Å²) in [5, 5.41) is 5.23. The lowest BCUT2D eigenvalue weighted by molar-refractivity contribution is 0.102. The molecule has 6 heteroatoms. The molecule has 0 aliphatic carbocycles. The lowest BCUT2D eigenvalue weighted by Gasteiger charge is -2.09. The molecule has 0 atom stereocenters. The predicted molar refractivity (Wildman–Crippen MR) is 101 cm³/mol. The first-order valence-corrected chi connectivity index (χ1v) is 7.91. The molecule has 0 aromatic heterocycles. The standard InChI is InChI=1S/C20H17N3O3/c21-20(25)23-16-6-4-5-14(13-16)19(24)22-15-9-11-18(12-10-15)26-17-7-2-1-3-8-17/h1-13H,(H,22,24)(H3,21,23,25). The van der Waals surface area contributed by atoms with E-state index < -0.39 is 6.03 Å². The molecule has 0 fully saturated rings. The SMILES string of the molecule is NC(=O)Nc1cccc(C(=O)Nc2ccc(Oc3ccccc3)cc2)c1. The van der Waals surface area contributed by atoms with Crippen LogP contribution in [0.4, 0.5) is 16.2 Å². The van der Waals surface area contributed by atoms with Gasteiger partial charge in [-0.05, 0) is 54.6 Å². The van der Waals surface area contributed by atoms with Crippen LogP contribution in [0, 0.1) is 0 Å². The lowest BCUT2D eigenvalue weighted by Crippen LogP contribution is -2.19. The molecule has 0 radical (unpaired) electrons. The number of hydrogen-bond acceptors (Lipinski definition) is 3. The summed E-state index contributed by atoms with van der Waals surface area (Å²) in [7, 11) is 0. The Morgan fingerprint density at radius 3 is 2.12 bits per heavy atom. The highest BCUT2D eigenvalue weighted by atomic mass is 16.5. The van der Waals surface area contributed by atoms with Crippen molar-refractivity contribution in [1.29, 1.82) is 0 Å². The van der Waals surface area contributed by atoms with Crippen LogP contribution in [0.2, 0.25) is 0 Å². The monoisotopic (exact) mass is 347 g/mol. The van der Waals surface area contributed by atoms with E-state index in [1.54, 1.807) is 48.5 Å². The van der Waals surface area contributed by atoms with Gasteiger partial charge < -0.3 is 21.1 Å². The molecule has 130 valence electrons. The highest BCUT2D eigenvalue weighted by molar-refractivity contribution is 6.05. The van der Waals surface area contributed by atoms with E-state index in [1.807, 2.05) is 30.3 Å². The molecule has 0 saturated carbocycles. The molecule has 26 heavy (non-hydrogen) atoms. The molecule has 3 rings (SSSR count). The first-order chi connectivity index (χ1) is 12.6. The van der Waals surface area contributed by atoms with E-state index >= 15 is 0 Å². The van der Waals surface area contributed by atoms with E-state index in [9.17, 15) is 9.59 Å². The summed E-state index contributed by atoms with van der Waals surface area (Å²) in [5.41, 5.74) is 6.57. The first-order valence-electron chi connectivity index (χ1n) is 7.91. The second kappa shape index (κ2) is 7.85. The summed E-state index contributed by atoms with van der Waals surface area (Å²) < 4.78 is 5.71. The number of rotatable bonds is 5. The lowest BCUT2D eigenvalue weighted by atomic mass is 10.2. The van der Waals surface area contributed by atoms with Crippen molar-refractivity contribution in [1.82, 2.24) is 0 Å². The van der Waals surface area contributed by atoms with Crippen molar-refractivity contribution in [3.63, 3.8) is 0 Å². The number of carbonyl (C=O) groups is 2. The van der Waals surface area contributed by atoms with Crippen molar-refractivity contribution in [2.24, 2.45) is 5.73 Å². The molecular formula is C20H17N3O3. The number of benzene rings is 3. The van der Waals surface area contributed by atoms with E-state index in [4.69, 9.17) is 10.5 Å². The fourth-order valence-electron chi connectivity index (χ4n) is 2.31. The average Bonchev–Trinajstić information content (AvgIpc) is 2.64. The molecule has 0 spiro atoms. The second-order valence-corrected chi connectivity index (χ2v) is 5.46. The Kier molecular flexibility index (Phi) is 5.14. The zero-order valence-corrected chi connectivity index (χ0v) is 13.8. The maximum Gasteiger partial charge on any atom is 0.316 e. The number of hydrogen-bond donors (Lipinski definition) is 3. The van der Waals surface area contributed by atoms with Crippen LogP contribution in [0.3, 0.4) is 0 Å². The van der Waals surface area contributed by atoms with E-state index in [2.05, 4.69) is 10.6 Å². The van der Waals surface area contributed by atoms with Crippen molar-refractivity contribution < 1.29 is 14.3 Å². The van der Waals surface area contributed by atoms with Gasteiger partial charge in [0.15, 0.2) is 0 Å². The number of nitrogens with two attached hydrogens (primary N) is 1. The number of ether oxygens (including phenoxy) is 1. The van der Waals surface area contributed by atoms with Crippen molar-refractivity contribution in [3.8, 4) is 11.5 Å². The van der Waals surface area contributed by atoms with Gasteiger partial charge in [0.05, 0.1) is 0 Å². The predicted octanol–water partition coefficient (Wildman–Crippen LogP) is 4.22. The summed E-state index contributed by atoms with van der Waals surface area (Å²) in [6.45, 7) is 0. The van der Waals surface area contributed by atoms with Gasteiger partial charge in [0, 0.05) is 16.9 Å². The Balaban J connectivity index is 1.65. The van der Waals surface area contributed by atoms with Gasteiger partial charge in [0.2, 0.25) is 0 Å². The number of anilines is 2. The molecule has 0 heterocycles. The number of primary amides is 1. The third-order valence-electron chi connectivity index (χ3n) is 3.48. The van der Waals surface area contributed by atoms with Crippen LogP contribution >= 0.6 is 0 Å². The van der Waals surface area contributed by atoms with Crippen LogP contribution in [-0.2, 0) is 0 Å². The Morgan fingerprint density at radius 1 is 0.731 bits per heavy atom. The van der Waals surface area contributed by atoms with Crippen LogP contribution in [0.15, 0.2) is 78.9 Å². The summed E-state index contributed by atoms with van der Waals surface area (Å²) in [5.74, 6) is 1.11. The van der Waals surface area contributed by atoms with Gasteiger partial charge >= 0.3 is 6.03 Å². The summed E-state index contributed by atoms with van der Waals surface area (Å²) >= 11 is 0. The molecule has 0 bridgehead atoms. The van der Waals surface area contributed by atoms with Crippen LogP contribution in [-0.4, -0.2) is 11.9 Å². The third kappa shape index (κ3) is 4.61. The minimum atomic E-state index is -0.684. The minimum absolute atomic E-state index is 0.296. The fraction of sp³-hybridized carbons (Fsp3) is 0. The molecule has 3 aromatic carbocycles. The zero-order valence-electron chi connectivity index (χ0n) is 13.8. The topological polar surface area (TPSA) is 93.5 Å².